The minimum absolute atomic E-state index is 0.707. The van der Waals surface area contributed by atoms with Crippen molar-refractivity contribution in [2.45, 2.75) is 0 Å². The smallest absolute Gasteiger partial charge is 0.213 e. The van der Waals surface area contributed by atoms with Crippen molar-refractivity contribution in [2.75, 3.05) is 46.5 Å². The van der Waals surface area contributed by atoms with Crippen molar-refractivity contribution in [1.82, 2.24) is 4.90 Å². The van der Waals surface area contributed by atoms with E-state index < -0.39 is 10.2 Å². The van der Waals surface area contributed by atoms with Crippen LogP contribution in [0.5, 0.6) is 5.75 Å². The molecule has 11 heteroatoms. The molecular weight excluding hydrogens is 475 g/mol. The molecule has 0 unspecified atom stereocenters. The number of ether oxygens (including phenoxy) is 2. The SMILES string of the molecule is COc1ccc2oc(-c3ccc(Cl)cc3)cc(=[NH+]CCN3CCOCC3)c2c1.[O-][Cl+3]([O-])([O-])[O-]. The number of nitrogens with zero attached hydrogens (tertiary/aromatic N) is 1. The van der Waals surface area contributed by atoms with Crippen molar-refractivity contribution in [2.24, 2.45) is 0 Å². The van der Waals surface area contributed by atoms with E-state index in [4.69, 9.17) is 44.1 Å². The molecule has 1 fully saturated rings. The molecule has 0 radical (unpaired) electrons. The zero-order valence-electron chi connectivity index (χ0n) is 17.9. The van der Waals surface area contributed by atoms with Crippen LogP contribution in [0.4, 0.5) is 0 Å². The van der Waals surface area contributed by atoms with E-state index in [0.717, 1.165) is 72.8 Å². The molecule has 0 bridgehead atoms. The number of methoxy groups -OCH3 is 1. The quantitative estimate of drug-likeness (QED) is 0.401. The van der Waals surface area contributed by atoms with Crippen LogP contribution in [-0.2, 0) is 4.74 Å². The highest BCUT2D eigenvalue weighted by Crippen LogP contribution is 2.25. The molecule has 1 saturated heterocycles. The third-order valence-corrected chi connectivity index (χ3v) is 5.20. The number of morpholine rings is 1. The van der Waals surface area contributed by atoms with Gasteiger partial charge in [0.15, 0.2) is 6.54 Å². The number of fused-ring (bicyclic) bond motifs is 1. The Kier molecular flexibility index (Phi) is 9.07. The summed E-state index contributed by atoms with van der Waals surface area (Å²) in [6.07, 6.45) is 0. The van der Waals surface area contributed by atoms with Crippen LogP contribution >= 0.6 is 11.6 Å². The summed E-state index contributed by atoms with van der Waals surface area (Å²) in [5.74, 6) is 1.60. The molecule has 1 aliphatic heterocycles. The predicted molar refractivity (Wildman–Crippen MR) is 109 cm³/mol. The average Bonchev–Trinajstić information content (AvgIpc) is 2.79. The van der Waals surface area contributed by atoms with Gasteiger partial charge in [-0.2, -0.15) is 0 Å². The summed E-state index contributed by atoms with van der Waals surface area (Å²) in [6.45, 7) is 5.40. The number of rotatable bonds is 5. The maximum Gasteiger partial charge on any atom is 0.213 e. The van der Waals surface area contributed by atoms with Gasteiger partial charge in [-0.3, -0.25) is 4.90 Å². The first-order valence-corrected chi connectivity index (χ1v) is 11.7. The summed E-state index contributed by atoms with van der Waals surface area (Å²) in [4.78, 5) is 5.99. The van der Waals surface area contributed by atoms with E-state index in [1.165, 1.54) is 0 Å². The van der Waals surface area contributed by atoms with Crippen LogP contribution in [0.2, 0.25) is 5.02 Å². The summed E-state index contributed by atoms with van der Waals surface area (Å²) in [7, 11) is -3.27. The molecule has 33 heavy (non-hydrogen) atoms. The minimum atomic E-state index is -4.94. The van der Waals surface area contributed by atoms with E-state index in [2.05, 4.69) is 9.89 Å². The Morgan fingerprint density at radius 3 is 2.33 bits per heavy atom. The average molecular weight is 499 g/mol. The molecule has 0 atom stereocenters. The van der Waals surface area contributed by atoms with Gasteiger partial charge in [-0.1, -0.05) is 11.6 Å². The lowest BCUT2D eigenvalue weighted by molar-refractivity contribution is -2.00. The Labute approximate surface area is 197 Å². The van der Waals surface area contributed by atoms with Crippen molar-refractivity contribution in [1.29, 1.82) is 0 Å². The standard InChI is InChI=1S/C22H23ClN2O3.ClHO4/c1-26-18-6-7-21-19(14-18)20(24-8-9-25-10-12-27-13-11-25)15-22(28-21)16-2-4-17(23)5-3-16;2-1(3,4)5/h2-7,14-15H,8-13H2,1H3;(H,2,3,4,5). The van der Waals surface area contributed by atoms with Gasteiger partial charge in [-0.15, -0.1) is 10.2 Å². The lowest BCUT2D eigenvalue weighted by Crippen LogP contribution is -2.78. The number of hydrogen-bond donors (Lipinski definition) is 1. The molecule has 2 aromatic carbocycles. The van der Waals surface area contributed by atoms with Crippen molar-refractivity contribution in [3.8, 4) is 17.1 Å². The van der Waals surface area contributed by atoms with Gasteiger partial charge in [-0.05, 0) is 42.5 Å². The molecule has 2 heterocycles. The highest BCUT2D eigenvalue weighted by Gasteiger charge is 2.13. The van der Waals surface area contributed by atoms with Crippen molar-refractivity contribution < 1.29 is 47.8 Å². The zero-order chi connectivity index (χ0) is 23.8. The largest absolute Gasteiger partial charge is 0.497 e. The third-order valence-electron chi connectivity index (χ3n) is 4.95. The van der Waals surface area contributed by atoms with Crippen LogP contribution in [0.15, 0.2) is 52.9 Å². The van der Waals surface area contributed by atoms with Gasteiger partial charge in [0.1, 0.15) is 17.1 Å². The van der Waals surface area contributed by atoms with Crippen LogP contribution in [0.1, 0.15) is 0 Å². The van der Waals surface area contributed by atoms with Gasteiger partial charge in [0, 0.05) is 23.7 Å². The fraction of sp³-hybridized carbons (Fsp3) is 0.318. The molecule has 1 aliphatic rings. The Hall–Kier alpha value is -2.21. The molecular formula is C22H24Cl2N2O7. The van der Waals surface area contributed by atoms with Crippen LogP contribution in [0.3, 0.4) is 0 Å². The molecule has 4 rings (SSSR count). The van der Waals surface area contributed by atoms with Crippen LogP contribution in [0, 0.1) is 10.2 Å². The summed E-state index contributed by atoms with van der Waals surface area (Å²) in [5, 5.41) is 2.73. The minimum Gasteiger partial charge on any atom is -0.497 e. The van der Waals surface area contributed by atoms with E-state index in [1.807, 2.05) is 48.5 Å². The first kappa shape index (κ1) is 25.4. The normalized spacial score (nSPS) is 15.3. The van der Waals surface area contributed by atoms with Crippen LogP contribution in [-0.4, -0.2) is 51.4 Å². The van der Waals surface area contributed by atoms with E-state index in [0.29, 0.717) is 5.02 Å². The maximum absolute atomic E-state index is 8.49. The molecule has 1 aromatic heterocycles. The summed E-state index contributed by atoms with van der Waals surface area (Å²) in [5.41, 5.74) is 1.79. The second-order valence-electron chi connectivity index (χ2n) is 7.15. The maximum atomic E-state index is 8.49. The van der Waals surface area contributed by atoms with Gasteiger partial charge in [0.25, 0.3) is 0 Å². The van der Waals surface area contributed by atoms with Gasteiger partial charge in [0.05, 0.1) is 38.3 Å². The molecule has 9 nitrogen and oxygen atoms in total. The van der Waals surface area contributed by atoms with Gasteiger partial charge >= 0.3 is 0 Å². The highest BCUT2D eigenvalue weighted by atomic mass is 35.7. The second-order valence-corrected chi connectivity index (χ2v) is 8.34. The summed E-state index contributed by atoms with van der Waals surface area (Å²) in [6, 6.07) is 15.6. The second kappa shape index (κ2) is 11.8. The Balaban J connectivity index is 0.000000555. The lowest BCUT2D eigenvalue weighted by Gasteiger charge is -2.24. The van der Waals surface area contributed by atoms with Crippen molar-refractivity contribution in [3.63, 3.8) is 0 Å². The number of benzene rings is 2. The van der Waals surface area contributed by atoms with E-state index in [1.54, 1.807) is 7.11 Å². The molecule has 3 aromatic rings. The predicted octanol–water partition coefficient (Wildman–Crippen LogP) is -2.68. The van der Waals surface area contributed by atoms with E-state index >= 15 is 0 Å². The number of halogens is 2. The Bertz CT molecular complexity index is 1100. The molecule has 0 aliphatic carbocycles. The molecule has 0 saturated carbocycles. The van der Waals surface area contributed by atoms with E-state index in [-0.39, 0.29) is 0 Å². The third kappa shape index (κ3) is 8.26. The van der Waals surface area contributed by atoms with Crippen LogP contribution < -0.4 is 33.7 Å². The van der Waals surface area contributed by atoms with Crippen LogP contribution in [0.25, 0.3) is 22.3 Å². The van der Waals surface area contributed by atoms with Crippen molar-refractivity contribution in [3.05, 3.63) is 58.9 Å². The summed E-state index contributed by atoms with van der Waals surface area (Å²) >= 11 is 6.03. The van der Waals surface area contributed by atoms with Gasteiger partial charge in [0.2, 0.25) is 5.36 Å². The molecule has 0 amide bonds. The molecule has 0 spiro atoms. The Morgan fingerprint density at radius 2 is 1.70 bits per heavy atom. The first-order chi connectivity index (χ1) is 15.7. The number of hydrogen-bond acceptors (Lipinski definition) is 8. The fourth-order valence-electron chi connectivity index (χ4n) is 3.37. The molecule has 1 N–H and O–H groups in total. The summed E-state index contributed by atoms with van der Waals surface area (Å²) < 4.78 is 51.0. The lowest BCUT2D eigenvalue weighted by atomic mass is 10.1. The fourth-order valence-corrected chi connectivity index (χ4v) is 3.49. The van der Waals surface area contributed by atoms with Gasteiger partial charge in [-0.25, -0.2) is 23.6 Å². The van der Waals surface area contributed by atoms with E-state index in [9.17, 15) is 0 Å². The Morgan fingerprint density at radius 1 is 1.03 bits per heavy atom. The first-order valence-electron chi connectivity index (χ1n) is 10.1. The topological polar surface area (TPSA) is 141 Å². The molecule has 178 valence electrons. The monoisotopic (exact) mass is 498 g/mol. The van der Waals surface area contributed by atoms with Crippen molar-refractivity contribution >= 4 is 22.6 Å². The highest BCUT2D eigenvalue weighted by molar-refractivity contribution is 6.30. The van der Waals surface area contributed by atoms with Gasteiger partial charge < -0.3 is 13.9 Å². The number of nitrogens with one attached hydrogen (secondary N) is 1. The zero-order valence-corrected chi connectivity index (χ0v) is 19.4.